The monoisotopic (exact) mass is 332 g/mol. The lowest BCUT2D eigenvalue weighted by molar-refractivity contribution is -0.121. The quantitative estimate of drug-likeness (QED) is 0.888. The summed E-state index contributed by atoms with van der Waals surface area (Å²) in [4.78, 5) is 13.8. The van der Waals surface area contributed by atoms with E-state index >= 15 is 0 Å². The Morgan fingerprint density at radius 1 is 1.26 bits per heavy atom. The van der Waals surface area contributed by atoms with Gasteiger partial charge in [-0.05, 0) is 37.2 Å². The van der Waals surface area contributed by atoms with E-state index in [1.54, 1.807) is 12.1 Å². The molecule has 0 aromatic heterocycles. The highest BCUT2D eigenvalue weighted by molar-refractivity contribution is 5.76. The third-order valence-electron chi connectivity index (χ3n) is 2.98. The number of benzene rings is 1. The average molecular weight is 332 g/mol. The topological polar surface area (TPSA) is 32.3 Å². The highest BCUT2D eigenvalue weighted by Crippen LogP contribution is 2.06. The van der Waals surface area contributed by atoms with E-state index in [9.17, 15) is 18.0 Å². The number of alkyl halides is 2. The number of amides is 1. The number of rotatable bonds is 5. The molecule has 1 aliphatic rings. The van der Waals surface area contributed by atoms with E-state index in [0.717, 1.165) is 25.2 Å². The van der Waals surface area contributed by atoms with E-state index in [1.165, 1.54) is 25.0 Å². The van der Waals surface area contributed by atoms with Gasteiger partial charge < -0.3 is 10.2 Å². The van der Waals surface area contributed by atoms with Gasteiger partial charge in [0.1, 0.15) is 5.82 Å². The van der Waals surface area contributed by atoms with E-state index in [0.29, 0.717) is 13.0 Å². The maximum Gasteiger partial charge on any atom is 0.229 e. The third kappa shape index (κ3) is 11.6. The highest BCUT2D eigenvalue weighted by Gasteiger charge is 2.14. The minimum Gasteiger partial charge on any atom is -0.352 e. The molecule has 1 fully saturated rings. The van der Waals surface area contributed by atoms with E-state index < -0.39 is 6.93 Å². The standard InChI is InChI=1S/C13H17FN2O.C3H8.CH2F2/c14-12-4-1-3-11(9-12)10-15-13(17)5-8-16-6-2-7-16;1-3-2;2-1-3/h1,3-4,9H,2,5-8,10H2,(H,15,17);3H2,1-2H3;1H2. The van der Waals surface area contributed by atoms with Crippen LogP contribution in [0.1, 0.15) is 38.7 Å². The minimum atomic E-state index is -1.75. The molecule has 0 saturated carbocycles. The molecule has 1 saturated heterocycles. The van der Waals surface area contributed by atoms with Crippen LogP contribution in [0.3, 0.4) is 0 Å². The summed E-state index contributed by atoms with van der Waals surface area (Å²) >= 11 is 0. The van der Waals surface area contributed by atoms with Crippen LogP contribution in [-0.4, -0.2) is 37.4 Å². The number of hydrogen-bond donors (Lipinski definition) is 1. The molecule has 1 heterocycles. The summed E-state index contributed by atoms with van der Waals surface area (Å²) in [6, 6.07) is 6.29. The molecule has 1 amide bonds. The highest BCUT2D eigenvalue weighted by atomic mass is 19.3. The lowest BCUT2D eigenvalue weighted by Gasteiger charge is -2.30. The molecule has 0 atom stereocenters. The van der Waals surface area contributed by atoms with Crippen LogP contribution in [0.5, 0.6) is 0 Å². The van der Waals surface area contributed by atoms with Gasteiger partial charge in [0.25, 0.3) is 0 Å². The zero-order valence-corrected chi connectivity index (χ0v) is 14.0. The lowest BCUT2D eigenvalue weighted by atomic mass is 10.2. The van der Waals surface area contributed by atoms with Gasteiger partial charge in [0.15, 0.2) is 0 Å². The van der Waals surface area contributed by atoms with Crippen molar-refractivity contribution >= 4 is 5.91 Å². The van der Waals surface area contributed by atoms with Gasteiger partial charge in [-0.15, -0.1) is 0 Å². The first-order chi connectivity index (χ1) is 11.1. The van der Waals surface area contributed by atoms with Crippen molar-refractivity contribution in [3.8, 4) is 0 Å². The molecular formula is C17H27F3N2O. The normalized spacial score (nSPS) is 12.9. The molecule has 2 rings (SSSR count). The van der Waals surface area contributed by atoms with Crippen molar-refractivity contribution in [1.29, 1.82) is 0 Å². The van der Waals surface area contributed by atoms with Crippen molar-refractivity contribution in [1.82, 2.24) is 10.2 Å². The second-order valence-corrected chi connectivity index (χ2v) is 5.16. The van der Waals surface area contributed by atoms with Gasteiger partial charge in [0.05, 0.1) is 0 Å². The Balaban J connectivity index is 0.000000704. The smallest absolute Gasteiger partial charge is 0.229 e. The number of carbonyl (C=O) groups excluding carboxylic acids is 1. The van der Waals surface area contributed by atoms with E-state index in [2.05, 4.69) is 24.1 Å². The first-order valence-corrected chi connectivity index (χ1v) is 7.92. The van der Waals surface area contributed by atoms with Crippen molar-refractivity contribution in [2.75, 3.05) is 26.6 Å². The number of halogens is 3. The third-order valence-corrected chi connectivity index (χ3v) is 2.98. The summed E-state index contributed by atoms with van der Waals surface area (Å²) in [7, 11) is 0. The van der Waals surface area contributed by atoms with Gasteiger partial charge >= 0.3 is 0 Å². The number of hydrogen-bond acceptors (Lipinski definition) is 2. The number of nitrogens with one attached hydrogen (secondary N) is 1. The Morgan fingerprint density at radius 3 is 2.35 bits per heavy atom. The average Bonchev–Trinajstić information content (AvgIpc) is 2.45. The Kier molecular flexibility index (Phi) is 13.1. The summed E-state index contributed by atoms with van der Waals surface area (Å²) in [6.45, 7) is 5.94. The second kappa shape index (κ2) is 14.1. The molecule has 0 unspecified atom stereocenters. The van der Waals surface area contributed by atoms with Crippen LogP contribution >= 0.6 is 0 Å². The fourth-order valence-electron chi connectivity index (χ4n) is 1.80. The molecule has 1 aliphatic heterocycles. The molecule has 6 heteroatoms. The SMILES string of the molecule is CCC.FCF.O=C(CCN1CCC1)NCc1cccc(F)c1. The fourth-order valence-corrected chi connectivity index (χ4v) is 1.80. The first-order valence-electron chi connectivity index (χ1n) is 7.92. The predicted molar refractivity (Wildman–Crippen MR) is 87.0 cm³/mol. The predicted octanol–water partition coefficient (Wildman–Crippen LogP) is 3.84. The summed E-state index contributed by atoms with van der Waals surface area (Å²) in [5, 5.41) is 2.80. The largest absolute Gasteiger partial charge is 0.352 e. The van der Waals surface area contributed by atoms with Crippen molar-refractivity contribution in [2.45, 2.75) is 39.7 Å². The van der Waals surface area contributed by atoms with Crippen molar-refractivity contribution in [3.63, 3.8) is 0 Å². The fraction of sp³-hybridized carbons (Fsp3) is 0.588. The number of nitrogens with zero attached hydrogens (tertiary/aromatic N) is 1. The summed E-state index contributed by atoms with van der Waals surface area (Å²) < 4.78 is 32.1. The van der Waals surface area contributed by atoms with E-state index in [4.69, 9.17) is 0 Å². The van der Waals surface area contributed by atoms with E-state index in [-0.39, 0.29) is 11.7 Å². The number of likely N-dealkylation sites (tertiary alicyclic amines) is 1. The van der Waals surface area contributed by atoms with Gasteiger partial charge in [0, 0.05) is 19.5 Å². The van der Waals surface area contributed by atoms with Crippen LogP contribution in [0, 0.1) is 5.82 Å². The molecule has 23 heavy (non-hydrogen) atoms. The Morgan fingerprint density at radius 2 is 1.87 bits per heavy atom. The maximum atomic E-state index is 12.9. The minimum absolute atomic E-state index is 0.0289. The molecule has 0 radical (unpaired) electrons. The molecule has 0 aliphatic carbocycles. The van der Waals surface area contributed by atoms with Gasteiger partial charge in [-0.3, -0.25) is 4.79 Å². The zero-order chi connectivity index (χ0) is 17.5. The van der Waals surface area contributed by atoms with Crippen LogP contribution in [-0.2, 0) is 11.3 Å². The van der Waals surface area contributed by atoms with Gasteiger partial charge in [-0.25, -0.2) is 13.2 Å². The first kappa shape index (κ1) is 21.4. The molecule has 132 valence electrons. The van der Waals surface area contributed by atoms with Gasteiger partial charge in [-0.1, -0.05) is 32.4 Å². The molecule has 3 nitrogen and oxygen atoms in total. The molecule has 0 spiro atoms. The molecule has 1 N–H and O–H groups in total. The van der Waals surface area contributed by atoms with E-state index in [1.807, 2.05) is 0 Å². The lowest BCUT2D eigenvalue weighted by Crippen LogP contribution is -2.39. The molecular weight excluding hydrogens is 305 g/mol. The Bertz CT molecular complexity index is 424. The number of carbonyl (C=O) groups is 1. The summed E-state index contributed by atoms with van der Waals surface area (Å²) in [5.41, 5.74) is 0.794. The van der Waals surface area contributed by atoms with Crippen LogP contribution in [0.4, 0.5) is 13.2 Å². The molecule has 1 aromatic carbocycles. The molecule has 0 bridgehead atoms. The van der Waals surface area contributed by atoms with Crippen LogP contribution in [0.25, 0.3) is 0 Å². The Labute approximate surface area is 136 Å². The van der Waals surface area contributed by atoms with Gasteiger partial charge in [0.2, 0.25) is 12.8 Å². The second-order valence-electron chi connectivity index (χ2n) is 5.16. The maximum absolute atomic E-state index is 12.9. The van der Waals surface area contributed by atoms with Crippen LogP contribution < -0.4 is 5.32 Å². The summed E-state index contributed by atoms with van der Waals surface area (Å²) in [5.74, 6) is -0.238. The Hall–Kier alpha value is -1.56. The van der Waals surface area contributed by atoms with Crippen molar-refractivity contribution in [2.24, 2.45) is 0 Å². The van der Waals surface area contributed by atoms with Crippen LogP contribution in [0.15, 0.2) is 24.3 Å². The van der Waals surface area contributed by atoms with Crippen molar-refractivity contribution in [3.05, 3.63) is 35.6 Å². The van der Waals surface area contributed by atoms with Gasteiger partial charge in [-0.2, -0.15) is 0 Å². The van der Waals surface area contributed by atoms with Crippen LogP contribution in [0.2, 0.25) is 0 Å². The molecule has 1 aromatic rings. The van der Waals surface area contributed by atoms with Crippen molar-refractivity contribution < 1.29 is 18.0 Å². The zero-order valence-electron chi connectivity index (χ0n) is 14.0. The summed E-state index contributed by atoms with van der Waals surface area (Å²) in [6.07, 6.45) is 3.01.